The minimum Gasteiger partial charge on any atom is -0.479 e. The Bertz CT molecular complexity index is 209. The van der Waals surface area contributed by atoms with Crippen molar-refractivity contribution in [1.82, 2.24) is 0 Å². The molecule has 0 rings (SSSR count). The molecule has 0 heterocycles. The van der Waals surface area contributed by atoms with Gasteiger partial charge in [0.05, 0.1) is 39.6 Å². The van der Waals surface area contributed by atoms with Crippen molar-refractivity contribution in [2.24, 2.45) is 0 Å². The van der Waals surface area contributed by atoms with Gasteiger partial charge in [-0.25, -0.2) is 4.79 Å². The SMILES string of the molecule is CCCCC(OCCOCCOCCOC)C(=O)O. The molecular formula is C13H26O6. The van der Waals surface area contributed by atoms with Crippen LogP contribution in [0.15, 0.2) is 0 Å². The van der Waals surface area contributed by atoms with Gasteiger partial charge in [0.1, 0.15) is 0 Å². The van der Waals surface area contributed by atoms with E-state index in [0.29, 0.717) is 46.1 Å². The molecule has 0 fully saturated rings. The van der Waals surface area contributed by atoms with E-state index in [2.05, 4.69) is 0 Å². The second-order valence-electron chi connectivity index (χ2n) is 4.06. The molecule has 0 aromatic heterocycles. The van der Waals surface area contributed by atoms with Crippen LogP contribution in [0.3, 0.4) is 0 Å². The van der Waals surface area contributed by atoms with Gasteiger partial charge in [-0.3, -0.25) is 0 Å². The molecule has 0 aliphatic heterocycles. The van der Waals surface area contributed by atoms with Gasteiger partial charge in [-0.1, -0.05) is 19.8 Å². The number of carboxylic acids is 1. The summed E-state index contributed by atoms with van der Waals surface area (Å²) in [6, 6.07) is 0. The molecule has 0 bridgehead atoms. The summed E-state index contributed by atoms with van der Waals surface area (Å²) in [5.74, 6) is -0.906. The minimum atomic E-state index is -0.906. The van der Waals surface area contributed by atoms with E-state index in [1.807, 2.05) is 6.92 Å². The number of aliphatic carboxylic acids is 1. The van der Waals surface area contributed by atoms with E-state index in [1.165, 1.54) is 0 Å². The summed E-state index contributed by atoms with van der Waals surface area (Å²) in [5, 5.41) is 8.93. The van der Waals surface area contributed by atoms with Gasteiger partial charge in [-0.2, -0.15) is 0 Å². The second-order valence-corrected chi connectivity index (χ2v) is 4.06. The van der Waals surface area contributed by atoms with Crippen LogP contribution in [0.1, 0.15) is 26.2 Å². The van der Waals surface area contributed by atoms with Crippen LogP contribution in [0.4, 0.5) is 0 Å². The van der Waals surface area contributed by atoms with Crippen LogP contribution < -0.4 is 0 Å². The van der Waals surface area contributed by atoms with Crippen LogP contribution in [-0.4, -0.2) is 63.9 Å². The summed E-state index contributed by atoms with van der Waals surface area (Å²) in [6.07, 6.45) is 1.64. The largest absolute Gasteiger partial charge is 0.479 e. The molecule has 0 spiro atoms. The Balaban J connectivity index is 3.37. The van der Waals surface area contributed by atoms with Crippen molar-refractivity contribution in [2.75, 3.05) is 46.8 Å². The fourth-order valence-corrected chi connectivity index (χ4v) is 1.38. The van der Waals surface area contributed by atoms with Gasteiger partial charge < -0.3 is 24.1 Å². The number of carbonyl (C=O) groups is 1. The van der Waals surface area contributed by atoms with Gasteiger partial charge in [-0.15, -0.1) is 0 Å². The van der Waals surface area contributed by atoms with Gasteiger partial charge in [0.2, 0.25) is 0 Å². The third-order valence-electron chi connectivity index (χ3n) is 2.45. The zero-order chi connectivity index (χ0) is 14.3. The molecule has 0 saturated heterocycles. The van der Waals surface area contributed by atoms with Gasteiger partial charge >= 0.3 is 5.97 Å². The highest BCUT2D eigenvalue weighted by Crippen LogP contribution is 2.05. The fourth-order valence-electron chi connectivity index (χ4n) is 1.38. The monoisotopic (exact) mass is 278 g/mol. The van der Waals surface area contributed by atoms with E-state index in [0.717, 1.165) is 12.8 Å². The van der Waals surface area contributed by atoms with Gasteiger partial charge in [0, 0.05) is 7.11 Å². The Kier molecular flexibility index (Phi) is 13.2. The molecule has 0 aliphatic carbocycles. The first-order valence-electron chi connectivity index (χ1n) is 6.71. The highest BCUT2D eigenvalue weighted by atomic mass is 16.6. The average molecular weight is 278 g/mol. The highest BCUT2D eigenvalue weighted by Gasteiger charge is 2.16. The van der Waals surface area contributed by atoms with Crippen molar-refractivity contribution < 1.29 is 28.8 Å². The first-order chi connectivity index (χ1) is 9.22. The number of methoxy groups -OCH3 is 1. The van der Waals surface area contributed by atoms with E-state index in [1.54, 1.807) is 7.11 Å². The molecule has 1 N–H and O–H groups in total. The van der Waals surface area contributed by atoms with E-state index >= 15 is 0 Å². The Labute approximate surface area is 115 Å². The zero-order valence-corrected chi connectivity index (χ0v) is 11.9. The number of unbranched alkanes of at least 4 members (excludes halogenated alkanes) is 1. The van der Waals surface area contributed by atoms with Crippen LogP contribution in [0.2, 0.25) is 0 Å². The van der Waals surface area contributed by atoms with Crippen molar-refractivity contribution in [3.63, 3.8) is 0 Å². The Hall–Kier alpha value is -0.690. The predicted molar refractivity (Wildman–Crippen MR) is 70.4 cm³/mol. The Morgan fingerprint density at radius 1 is 1.05 bits per heavy atom. The average Bonchev–Trinajstić information content (AvgIpc) is 2.39. The molecule has 0 aromatic carbocycles. The van der Waals surface area contributed by atoms with Gasteiger partial charge in [0.25, 0.3) is 0 Å². The topological polar surface area (TPSA) is 74.2 Å². The van der Waals surface area contributed by atoms with Crippen LogP contribution in [0.25, 0.3) is 0 Å². The number of carboxylic acid groups (broad SMARTS) is 1. The maximum Gasteiger partial charge on any atom is 0.332 e. The van der Waals surface area contributed by atoms with E-state index in [4.69, 9.17) is 24.1 Å². The first-order valence-corrected chi connectivity index (χ1v) is 6.71. The van der Waals surface area contributed by atoms with Crippen molar-refractivity contribution >= 4 is 5.97 Å². The van der Waals surface area contributed by atoms with Crippen LogP contribution >= 0.6 is 0 Å². The molecule has 0 aromatic rings. The quantitative estimate of drug-likeness (QED) is 0.483. The molecule has 0 radical (unpaired) electrons. The molecule has 0 amide bonds. The Morgan fingerprint density at radius 3 is 2.16 bits per heavy atom. The summed E-state index contributed by atoms with van der Waals surface area (Å²) in [7, 11) is 1.62. The lowest BCUT2D eigenvalue weighted by Crippen LogP contribution is -2.25. The highest BCUT2D eigenvalue weighted by molar-refractivity contribution is 5.72. The minimum absolute atomic E-state index is 0.290. The van der Waals surface area contributed by atoms with Crippen LogP contribution in [0, 0.1) is 0 Å². The van der Waals surface area contributed by atoms with Gasteiger partial charge in [-0.05, 0) is 6.42 Å². The lowest BCUT2D eigenvalue weighted by atomic mass is 10.1. The standard InChI is InChI=1S/C13H26O6/c1-3-4-5-12(13(14)15)19-11-10-18-9-8-17-7-6-16-2/h12H,3-11H2,1-2H3,(H,14,15). The van der Waals surface area contributed by atoms with E-state index in [-0.39, 0.29) is 0 Å². The fraction of sp³-hybridized carbons (Fsp3) is 0.923. The number of hydrogen-bond acceptors (Lipinski definition) is 5. The molecule has 0 aliphatic rings. The predicted octanol–water partition coefficient (Wildman–Crippen LogP) is 1.33. The molecule has 114 valence electrons. The molecule has 19 heavy (non-hydrogen) atoms. The first kappa shape index (κ1) is 18.3. The summed E-state index contributed by atoms with van der Waals surface area (Å²) >= 11 is 0. The molecule has 6 nitrogen and oxygen atoms in total. The van der Waals surface area contributed by atoms with Crippen LogP contribution in [0.5, 0.6) is 0 Å². The molecule has 0 saturated carbocycles. The number of rotatable bonds is 14. The van der Waals surface area contributed by atoms with E-state index < -0.39 is 12.1 Å². The molecule has 6 heteroatoms. The zero-order valence-electron chi connectivity index (χ0n) is 11.9. The smallest absolute Gasteiger partial charge is 0.332 e. The Morgan fingerprint density at radius 2 is 1.63 bits per heavy atom. The number of ether oxygens (including phenoxy) is 4. The lowest BCUT2D eigenvalue weighted by Gasteiger charge is -2.13. The van der Waals surface area contributed by atoms with Crippen LogP contribution in [-0.2, 0) is 23.7 Å². The molecule has 1 atom stereocenters. The summed E-state index contributed by atoms with van der Waals surface area (Å²) in [6.45, 7) is 4.78. The lowest BCUT2D eigenvalue weighted by molar-refractivity contribution is -0.152. The molecular weight excluding hydrogens is 252 g/mol. The van der Waals surface area contributed by atoms with Crippen molar-refractivity contribution in [2.45, 2.75) is 32.3 Å². The van der Waals surface area contributed by atoms with Gasteiger partial charge in [0.15, 0.2) is 6.10 Å². The third-order valence-corrected chi connectivity index (χ3v) is 2.45. The maximum absolute atomic E-state index is 10.9. The summed E-state index contributed by atoms with van der Waals surface area (Å²) < 4.78 is 20.6. The number of hydrogen-bond donors (Lipinski definition) is 1. The third kappa shape index (κ3) is 12.1. The molecule has 1 unspecified atom stereocenters. The van der Waals surface area contributed by atoms with Crippen molar-refractivity contribution in [3.8, 4) is 0 Å². The van der Waals surface area contributed by atoms with E-state index in [9.17, 15) is 4.79 Å². The normalized spacial score (nSPS) is 12.5. The van der Waals surface area contributed by atoms with Crippen molar-refractivity contribution in [3.05, 3.63) is 0 Å². The summed E-state index contributed by atoms with van der Waals surface area (Å²) in [4.78, 5) is 10.9. The maximum atomic E-state index is 10.9. The second kappa shape index (κ2) is 13.7. The summed E-state index contributed by atoms with van der Waals surface area (Å²) in [5.41, 5.74) is 0. The van der Waals surface area contributed by atoms with Crippen molar-refractivity contribution in [1.29, 1.82) is 0 Å².